The van der Waals surface area contributed by atoms with Gasteiger partial charge in [-0.15, -0.1) is 0 Å². The van der Waals surface area contributed by atoms with Gasteiger partial charge < -0.3 is 25.8 Å². The lowest BCUT2D eigenvalue weighted by Crippen LogP contribution is -2.51. The number of esters is 1. The molecule has 4 N–H and O–H groups in total. The predicted molar refractivity (Wildman–Crippen MR) is 122 cm³/mol. The number of alkyl carbamates (subject to hydrolysis) is 1. The smallest absolute Gasteiger partial charge is 0.408 e. The molecule has 2 aromatic rings. The highest BCUT2D eigenvalue weighted by atomic mass is 16.6. The zero-order chi connectivity index (χ0) is 25.8. The molecule has 0 unspecified atom stereocenters. The van der Waals surface area contributed by atoms with E-state index in [0.717, 1.165) is 5.56 Å². The number of nitrogens with one attached hydrogen (secondary N) is 2. The van der Waals surface area contributed by atoms with Crippen molar-refractivity contribution in [2.24, 2.45) is 5.73 Å². The van der Waals surface area contributed by atoms with Crippen LogP contribution < -0.4 is 16.4 Å². The van der Waals surface area contributed by atoms with Crippen molar-refractivity contribution < 1.29 is 33.6 Å². The van der Waals surface area contributed by atoms with Gasteiger partial charge in [-0.25, -0.2) is 9.59 Å². The van der Waals surface area contributed by atoms with Crippen molar-refractivity contribution in [3.05, 3.63) is 75.8 Å². The number of nitro benzene ring substituents is 1. The van der Waals surface area contributed by atoms with Gasteiger partial charge >= 0.3 is 12.1 Å². The Morgan fingerprint density at radius 2 is 1.54 bits per heavy atom. The number of hydrogen-bond donors (Lipinski definition) is 3. The third-order valence-corrected chi connectivity index (χ3v) is 4.75. The Bertz CT molecular complexity index is 1040. The van der Waals surface area contributed by atoms with Crippen molar-refractivity contribution in [3.63, 3.8) is 0 Å². The van der Waals surface area contributed by atoms with E-state index in [1.807, 2.05) is 6.07 Å². The molecule has 0 aliphatic carbocycles. The number of nitro groups is 1. The zero-order valence-corrected chi connectivity index (χ0v) is 19.0. The number of amides is 3. The lowest BCUT2D eigenvalue weighted by molar-refractivity contribution is -0.384. The summed E-state index contributed by atoms with van der Waals surface area (Å²) in [6, 6.07) is 12.1. The van der Waals surface area contributed by atoms with Gasteiger partial charge in [-0.05, 0) is 36.6 Å². The van der Waals surface area contributed by atoms with E-state index < -0.39 is 40.9 Å². The van der Waals surface area contributed by atoms with E-state index in [4.69, 9.17) is 15.2 Å². The van der Waals surface area contributed by atoms with Crippen LogP contribution in [0.4, 0.5) is 10.5 Å². The van der Waals surface area contributed by atoms with Gasteiger partial charge in [0.25, 0.3) is 5.69 Å². The van der Waals surface area contributed by atoms with Gasteiger partial charge in [-0.2, -0.15) is 0 Å². The Labute approximate surface area is 200 Å². The topological polar surface area (TPSA) is 180 Å². The van der Waals surface area contributed by atoms with Crippen molar-refractivity contribution in [2.75, 3.05) is 0 Å². The fourth-order valence-electron chi connectivity index (χ4n) is 2.81. The van der Waals surface area contributed by atoms with Gasteiger partial charge in [0.2, 0.25) is 11.8 Å². The second-order valence-electron chi connectivity index (χ2n) is 7.53. The van der Waals surface area contributed by atoms with Crippen LogP contribution in [0.3, 0.4) is 0 Å². The van der Waals surface area contributed by atoms with Gasteiger partial charge in [-0.3, -0.25) is 19.7 Å². The average Bonchev–Trinajstić information content (AvgIpc) is 2.84. The van der Waals surface area contributed by atoms with E-state index in [1.165, 1.54) is 31.2 Å². The molecule has 2 rings (SSSR count). The van der Waals surface area contributed by atoms with Crippen molar-refractivity contribution in [3.8, 4) is 0 Å². The highest BCUT2D eigenvalue weighted by molar-refractivity contribution is 5.89. The first-order valence-electron chi connectivity index (χ1n) is 10.6. The van der Waals surface area contributed by atoms with Crippen LogP contribution in [0.5, 0.6) is 0 Å². The van der Waals surface area contributed by atoms with Crippen molar-refractivity contribution in [1.82, 2.24) is 10.6 Å². The Hall–Kier alpha value is -4.48. The molecule has 0 bridgehead atoms. The van der Waals surface area contributed by atoms with Crippen LogP contribution in [0, 0.1) is 10.1 Å². The van der Waals surface area contributed by atoms with E-state index in [2.05, 4.69) is 10.6 Å². The van der Waals surface area contributed by atoms with Crippen LogP contribution in [-0.2, 0) is 37.1 Å². The van der Waals surface area contributed by atoms with E-state index in [0.29, 0.717) is 5.56 Å². The number of non-ortho nitro benzene ring substituents is 1. The number of benzene rings is 2. The van der Waals surface area contributed by atoms with Crippen LogP contribution >= 0.6 is 0 Å². The first-order chi connectivity index (χ1) is 16.7. The SMILES string of the molecule is C[C@H](NC(=O)OCc1ccccc1)C(=O)N[C@H](CCC(N)=O)C(=O)OCc1ccc([N+](=O)[O-])cc1. The molecule has 0 radical (unpaired) electrons. The standard InChI is InChI=1S/C23H26N4O8/c1-15(25-23(31)35-14-16-5-3-2-4-6-16)21(29)26-19(11-12-20(24)28)22(30)34-13-17-7-9-18(10-8-17)27(32)33/h2-10,15,19H,11-14H2,1H3,(H2,24,28)(H,25,31)(H,26,29)/t15-,19+/m0/s1. The predicted octanol–water partition coefficient (Wildman–Crippen LogP) is 1.70. The number of nitrogens with two attached hydrogens (primary N) is 1. The summed E-state index contributed by atoms with van der Waals surface area (Å²) in [5, 5.41) is 15.5. The maximum atomic E-state index is 12.5. The number of ether oxygens (including phenoxy) is 2. The summed E-state index contributed by atoms with van der Waals surface area (Å²) in [4.78, 5) is 58.4. The zero-order valence-electron chi connectivity index (χ0n) is 19.0. The fourth-order valence-corrected chi connectivity index (χ4v) is 2.81. The molecule has 0 aliphatic rings. The minimum absolute atomic E-state index is 0.0111. The van der Waals surface area contributed by atoms with Crippen molar-refractivity contribution in [2.45, 2.75) is 45.1 Å². The number of primary amides is 1. The maximum Gasteiger partial charge on any atom is 0.408 e. The first kappa shape index (κ1) is 26.8. The van der Waals surface area contributed by atoms with Gasteiger partial charge in [-0.1, -0.05) is 30.3 Å². The van der Waals surface area contributed by atoms with Crippen LogP contribution in [0.15, 0.2) is 54.6 Å². The number of nitrogens with zero attached hydrogens (tertiary/aromatic N) is 1. The van der Waals surface area contributed by atoms with E-state index in [9.17, 15) is 29.3 Å². The summed E-state index contributed by atoms with van der Waals surface area (Å²) in [6.45, 7) is 1.20. The molecule has 2 aromatic carbocycles. The second-order valence-corrected chi connectivity index (χ2v) is 7.53. The summed E-state index contributed by atoms with van der Waals surface area (Å²) >= 11 is 0. The maximum absolute atomic E-state index is 12.5. The highest BCUT2D eigenvalue weighted by Gasteiger charge is 2.26. The van der Waals surface area contributed by atoms with E-state index in [1.54, 1.807) is 24.3 Å². The third-order valence-electron chi connectivity index (χ3n) is 4.75. The molecule has 0 fully saturated rings. The Morgan fingerprint density at radius 3 is 2.14 bits per heavy atom. The van der Waals surface area contributed by atoms with Crippen LogP contribution in [0.2, 0.25) is 0 Å². The minimum Gasteiger partial charge on any atom is -0.459 e. The largest absolute Gasteiger partial charge is 0.459 e. The average molecular weight is 486 g/mol. The van der Waals surface area contributed by atoms with E-state index >= 15 is 0 Å². The number of carbonyl (C=O) groups excluding carboxylic acids is 4. The monoisotopic (exact) mass is 486 g/mol. The third kappa shape index (κ3) is 9.50. The Kier molecular flexibility index (Phi) is 10.2. The summed E-state index contributed by atoms with van der Waals surface area (Å²) in [6.07, 6.45) is -1.14. The van der Waals surface area contributed by atoms with Gasteiger partial charge in [0.1, 0.15) is 25.3 Å². The molecular weight excluding hydrogens is 460 g/mol. The summed E-state index contributed by atoms with van der Waals surface area (Å²) in [7, 11) is 0. The normalized spacial score (nSPS) is 12.0. The van der Waals surface area contributed by atoms with Crippen LogP contribution in [0.1, 0.15) is 30.9 Å². The molecule has 0 saturated heterocycles. The molecule has 3 amide bonds. The molecule has 186 valence electrons. The summed E-state index contributed by atoms with van der Waals surface area (Å²) in [5.74, 6) is -2.22. The molecule has 0 spiro atoms. The number of rotatable bonds is 12. The lowest BCUT2D eigenvalue weighted by atomic mass is 10.1. The second kappa shape index (κ2) is 13.3. The van der Waals surface area contributed by atoms with Gasteiger partial charge in [0.05, 0.1) is 4.92 Å². The quantitative estimate of drug-likeness (QED) is 0.230. The molecule has 0 saturated carbocycles. The number of hydrogen-bond acceptors (Lipinski definition) is 8. The van der Waals surface area contributed by atoms with E-state index in [-0.39, 0.29) is 31.7 Å². The summed E-state index contributed by atoms with van der Waals surface area (Å²) in [5.41, 5.74) is 6.29. The molecular formula is C23H26N4O8. The first-order valence-corrected chi connectivity index (χ1v) is 10.6. The molecule has 2 atom stereocenters. The highest BCUT2D eigenvalue weighted by Crippen LogP contribution is 2.13. The van der Waals surface area contributed by atoms with Crippen LogP contribution in [0.25, 0.3) is 0 Å². The summed E-state index contributed by atoms with van der Waals surface area (Å²) < 4.78 is 10.3. The Morgan fingerprint density at radius 1 is 0.943 bits per heavy atom. The van der Waals surface area contributed by atoms with Crippen LogP contribution in [-0.4, -0.2) is 40.9 Å². The van der Waals surface area contributed by atoms with Gasteiger partial charge in [0, 0.05) is 18.6 Å². The lowest BCUT2D eigenvalue weighted by Gasteiger charge is -2.20. The number of carbonyl (C=O) groups is 4. The molecule has 12 heteroatoms. The molecule has 0 aromatic heterocycles. The fraction of sp³-hybridized carbons (Fsp3) is 0.304. The minimum atomic E-state index is -1.21. The molecule has 12 nitrogen and oxygen atoms in total. The Balaban J connectivity index is 1.90. The molecule has 0 heterocycles. The molecule has 35 heavy (non-hydrogen) atoms. The van der Waals surface area contributed by atoms with Crippen molar-refractivity contribution in [1.29, 1.82) is 0 Å². The van der Waals surface area contributed by atoms with Crippen molar-refractivity contribution >= 4 is 29.6 Å². The van der Waals surface area contributed by atoms with Gasteiger partial charge in [0.15, 0.2) is 0 Å². The molecule has 0 aliphatic heterocycles.